The molecule has 0 N–H and O–H groups in total. The summed E-state index contributed by atoms with van der Waals surface area (Å²) in [5.74, 6) is 0.199. The number of hydrogen-bond donors (Lipinski definition) is 0. The number of rotatable bonds is 3. The molecular weight excluding hydrogens is 216 g/mol. The van der Waals surface area contributed by atoms with E-state index in [0.29, 0.717) is 6.42 Å². The summed E-state index contributed by atoms with van der Waals surface area (Å²) in [6.45, 7) is 4.04. The average Bonchev–Trinajstić information content (AvgIpc) is 2.68. The van der Waals surface area contributed by atoms with Crippen LogP contribution in [0, 0.1) is 13.8 Å². The van der Waals surface area contributed by atoms with Crippen LogP contribution in [0.2, 0.25) is 0 Å². The number of carbonyl (C=O) groups excluding carboxylic acids is 1. The van der Waals surface area contributed by atoms with Gasteiger partial charge in [-0.1, -0.05) is 17.2 Å². The lowest BCUT2D eigenvalue weighted by molar-refractivity contribution is 0.0993. The van der Waals surface area contributed by atoms with Crippen LogP contribution in [0.4, 0.5) is 0 Å². The van der Waals surface area contributed by atoms with Gasteiger partial charge in [0.25, 0.3) is 0 Å². The largest absolute Gasteiger partial charge is 0.294 e. The van der Waals surface area contributed by atoms with Crippen molar-refractivity contribution in [2.24, 2.45) is 0 Å². The van der Waals surface area contributed by atoms with E-state index in [1.807, 2.05) is 42.8 Å². The number of ketones is 1. The first-order chi connectivity index (χ1) is 7.65. The van der Waals surface area contributed by atoms with E-state index < -0.39 is 0 Å². The van der Waals surface area contributed by atoms with Crippen LogP contribution in [-0.4, -0.2) is 5.78 Å². The highest BCUT2D eigenvalue weighted by atomic mass is 32.1. The first-order valence-electron chi connectivity index (χ1n) is 5.28. The lowest BCUT2D eigenvalue weighted by atomic mass is 10.0. The summed E-state index contributed by atoms with van der Waals surface area (Å²) in [5, 5.41) is 4.03. The second-order valence-electron chi connectivity index (χ2n) is 4.11. The minimum atomic E-state index is 0.199. The lowest BCUT2D eigenvalue weighted by Crippen LogP contribution is -2.03. The monoisotopic (exact) mass is 230 g/mol. The van der Waals surface area contributed by atoms with Crippen LogP contribution in [0.1, 0.15) is 27.0 Å². The molecule has 0 aliphatic heterocycles. The summed E-state index contributed by atoms with van der Waals surface area (Å²) in [6, 6.07) is 8.01. The number of carbonyl (C=O) groups is 1. The summed E-state index contributed by atoms with van der Waals surface area (Å²) in [6.07, 6.45) is 0.506. The van der Waals surface area contributed by atoms with E-state index in [4.69, 9.17) is 0 Å². The summed E-state index contributed by atoms with van der Waals surface area (Å²) in [5.41, 5.74) is 4.22. The first-order valence-corrected chi connectivity index (χ1v) is 6.22. The van der Waals surface area contributed by atoms with Gasteiger partial charge in [0.15, 0.2) is 5.78 Å². The maximum absolute atomic E-state index is 12.0. The Hall–Kier alpha value is -1.41. The Labute approximate surface area is 99.8 Å². The van der Waals surface area contributed by atoms with Crippen molar-refractivity contribution in [3.05, 3.63) is 57.3 Å². The Bertz CT molecular complexity index is 477. The molecule has 0 saturated heterocycles. The average molecular weight is 230 g/mol. The van der Waals surface area contributed by atoms with Crippen molar-refractivity contribution in [1.82, 2.24) is 0 Å². The predicted octanol–water partition coefficient (Wildman–Crippen LogP) is 3.79. The molecule has 0 atom stereocenters. The molecule has 1 heterocycles. The van der Waals surface area contributed by atoms with Crippen LogP contribution in [0.5, 0.6) is 0 Å². The molecule has 0 aliphatic rings. The van der Waals surface area contributed by atoms with Gasteiger partial charge < -0.3 is 0 Å². The van der Waals surface area contributed by atoms with Crippen molar-refractivity contribution in [2.45, 2.75) is 20.3 Å². The van der Waals surface area contributed by atoms with Crippen LogP contribution >= 0.6 is 11.3 Å². The zero-order valence-electron chi connectivity index (χ0n) is 9.49. The highest BCUT2D eigenvalue weighted by Crippen LogP contribution is 2.13. The summed E-state index contributed by atoms with van der Waals surface area (Å²) in [7, 11) is 0. The highest BCUT2D eigenvalue weighted by molar-refractivity contribution is 7.08. The third-order valence-corrected chi connectivity index (χ3v) is 3.22. The van der Waals surface area contributed by atoms with Crippen LogP contribution in [0.25, 0.3) is 0 Å². The normalized spacial score (nSPS) is 10.4. The predicted molar refractivity (Wildman–Crippen MR) is 68.3 cm³/mol. The Morgan fingerprint density at radius 3 is 2.44 bits per heavy atom. The standard InChI is InChI=1S/C14H14OS/c1-10-5-11(2)7-13(6-10)14(15)8-12-3-4-16-9-12/h3-7,9H,8H2,1-2H3. The summed E-state index contributed by atoms with van der Waals surface area (Å²) in [4.78, 5) is 12.0. The Morgan fingerprint density at radius 2 is 1.88 bits per heavy atom. The van der Waals surface area contributed by atoms with Gasteiger partial charge in [-0.25, -0.2) is 0 Å². The summed E-state index contributed by atoms with van der Waals surface area (Å²) < 4.78 is 0. The number of aryl methyl sites for hydroxylation is 2. The van der Waals surface area contributed by atoms with Crippen molar-refractivity contribution in [2.75, 3.05) is 0 Å². The van der Waals surface area contributed by atoms with E-state index >= 15 is 0 Å². The smallest absolute Gasteiger partial charge is 0.167 e. The molecule has 0 bridgehead atoms. The molecule has 0 radical (unpaired) electrons. The third-order valence-electron chi connectivity index (χ3n) is 2.49. The Kier molecular flexibility index (Phi) is 3.20. The Balaban J connectivity index is 2.21. The molecule has 0 unspecified atom stereocenters. The van der Waals surface area contributed by atoms with Crippen molar-refractivity contribution < 1.29 is 4.79 Å². The second-order valence-corrected chi connectivity index (χ2v) is 4.89. The molecule has 1 nitrogen and oxygen atoms in total. The van der Waals surface area contributed by atoms with E-state index in [1.54, 1.807) is 11.3 Å². The van der Waals surface area contributed by atoms with Gasteiger partial charge in [0, 0.05) is 12.0 Å². The maximum atomic E-state index is 12.0. The number of Topliss-reactive ketones (excluding diaryl/α,β-unsaturated/α-hetero) is 1. The van der Waals surface area contributed by atoms with Gasteiger partial charge in [-0.15, -0.1) is 0 Å². The Morgan fingerprint density at radius 1 is 1.19 bits per heavy atom. The second kappa shape index (κ2) is 4.62. The van der Waals surface area contributed by atoms with Crippen LogP contribution in [0.15, 0.2) is 35.0 Å². The molecule has 1 aromatic carbocycles. The third kappa shape index (κ3) is 2.58. The molecule has 0 amide bonds. The SMILES string of the molecule is Cc1cc(C)cc(C(=O)Cc2ccsc2)c1. The summed E-state index contributed by atoms with van der Waals surface area (Å²) >= 11 is 1.63. The highest BCUT2D eigenvalue weighted by Gasteiger charge is 2.08. The first kappa shape index (κ1) is 11.1. The topological polar surface area (TPSA) is 17.1 Å². The van der Waals surface area contributed by atoms with E-state index in [2.05, 4.69) is 6.07 Å². The van der Waals surface area contributed by atoms with Crippen molar-refractivity contribution in [3.63, 3.8) is 0 Å². The van der Waals surface area contributed by atoms with Crippen molar-refractivity contribution in [3.8, 4) is 0 Å². The number of thiophene rings is 1. The fourth-order valence-electron chi connectivity index (χ4n) is 1.82. The fraction of sp³-hybridized carbons (Fsp3) is 0.214. The molecule has 0 fully saturated rings. The molecule has 16 heavy (non-hydrogen) atoms. The number of benzene rings is 1. The van der Waals surface area contributed by atoms with E-state index in [-0.39, 0.29) is 5.78 Å². The minimum Gasteiger partial charge on any atom is -0.294 e. The van der Waals surface area contributed by atoms with Crippen molar-refractivity contribution >= 4 is 17.1 Å². The lowest BCUT2D eigenvalue weighted by Gasteiger charge is -2.03. The van der Waals surface area contributed by atoms with E-state index in [1.165, 1.54) is 0 Å². The molecule has 2 rings (SSSR count). The van der Waals surface area contributed by atoms with Gasteiger partial charge in [-0.3, -0.25) is 4.79 Å². The fourth-order valence-corrected chi connectivity index (χ4v) is 2.48. The molecule has 2 heteroatoms. The van der Waals surface area contributed by atoms with Gasteiger partial charge in [0.2, 0.25) is 0 Å². The zero-order chi connectivity index (χ0) is 11.5. The minimum absolute atomic E-state index is 0.199. The van der Waals surface area contributed by atoms with Gasteiger partial charge >= 0.3 is 0 Å². The van der Waals surface area contributed by atoms with Crippen LogP contribution < -0.4 is 0 Å². The zero-order valence-corrected chi connectivity index (χ0v) is 10.3. The van der Waals surface area contributed by atoms with E-state index in [0.717, 1.165) is 22.3 Å². The molecule has 0 spiro atoms. The van der Waals surface area contributed by atoms with Crippen LogP contribution in [0.3, 0.4) is 0 Å². The molecule has 82 valence electrons. The van der Waals surface area contributed by atoms with Crippen LogP contribution in [-0.2, 0) is 6.42 Å². The molecule has 0 aliphatic carbocycles. The molecular formula is C14H14OS. The molecule has 1 aromatic heterocycles. The van der Waals surface area contributed by atoms with Gasteiger partial charge in [0.05, 0.1) is 0 Å². The van der Waals surface area contributed by atoms with Crippen molar-refractivity contribution in [1.29, 1.82) is 0 Å². The van der Waals surface area contributed by atoms with Gasteiger partial charge in [-0.2, -0.15) is 11.3 Å². The number of hydrogen-bond acceptors (Lipinski definition) is 2. The maximum Gasteiger partial charge on any atom is 0.167 e. The van der Waals surface area contributed by atoms with Gasteiger partial charge in [-0.05, 0) is 48.4 Å². The quantitative estimate of drug-likeness (QED) is 0.733. The molecule has 0 saturated carbocycles. The molecule has 2 aromatic rings. The van der Waals surface area contributed by atoms with E-state index in [9.17, 15) is 4.79 Å². The van der Waals surface area contributed by atoms with Gasteiger partial charge in [0.1, 0.15) is 0 Å².